The Morgan fingerprint density at radius 3 is 2.53 bits per heavy atom. The van der Waals surface area contributed by atoms with E-state index in [0.29, 0.717) is 29.3 Å². The van der Waals surface area contributed by atoms with Gasteiger partial charge in [0.25, 0.3) is 0 Å². The molecule has 8 nitrogen and oxygen atoms in total. The minimum absolute atomic E-state index is 0.00801. The lowest BCUT2D eigenvalue weighted by molar-refractivity contribution is 0.187. The zero-order valence-corrected chi connectivity index (χ0v) is 21.7. The Morgan fingerprint density at radius 1 is 1.05 bits per heavy atom. The molecule has 0 aliphatic carbocycles. The van der Waals surface area contributed by atoms with Gasteiger partial charge >= 0.3 is 0 Å². The van der Waals surface area contributed by atoms with Gasteiger partial charge in [-0.3, -0.25) is 0 Å². The summed E-state index contributed by atoms with van der Waals surface area (Å²) in [6.07, 6.45) is 6.92. The van der Waals surface area contributed by atoms with Crippen LogP contribution >= 0.6 is 0 Å². The molecule has 0 amide bonds. The number of fused-ring (bicyclic) bond motifs is 1. The Kier molecular flexibility index (Phi) is 7.44. The van der Waals surface area contributed by atoms with Gasteiger partial charge in [-0.2, -0.15) is 0 Å². The first-order valence-electron chi connectivity index (χ1n) is 12.8. The van der Waals surface area contributed by atoms with Gasteiger partial charge in [-0.15, -0.1) is 0 Å². The van der Waals surface area contributed by atoms with Gasteiger partial charge < -0.3 is 19.9 Å². The lowest BCUT2D eigenvalue weighted by Crippen LogP contribution is -2.32. The van der Waals surface area contributed by atoms with E-state index < -0.39 is 11.6 Å². The fourth-order valence-electron chi connectivity index (χ4n) is 4.95. The Bertz CT molecular complexity index is 1470. The number of nitrogens with one attached hydrogen (secondary N) is 1. The van der Waals surface area contributed by atoms with Gasteiger partial charge in [0.05, 0.1) is 18.3 Å². The molecule has 3 aromatic heterocycles. The van der Waals surface area contributed by atoms with E-state index in [1.807, 2.05) is 37.5 Å². The van der Waals surface area contributed by atoms with Gasteiger partial charge in [0, 0.05) is 37.4 Å². The molecule has 198 valence electrons. The van der Waals surface area contributed by atoms with Crippen molar-refractivity contribution in [2.45, 2.75) is 39.7 Å². The van der Waals surface area contributed by atoms with E-state index in [9.17, 15) is 8.78 Å². The van der Waals surface area contributed by atoms with E-state index in [1.165, 1.54) is 11.6 Å². The number of halogens is 2. The van der Waals surface area contributed by atoms with Crippen LogP contribution in [0.4, 0.5) is 20.5 Å². The molecule has 2 N–H and O–H groups in total. The summed E-state index contributed by atoms with van der Waals surface area (Å²) in [5.74, 6) is 0.177. The summed E-state index contributed by atoms with van der Waals surface area (Å²) in [5, 5.41) is 12.1. The number of nitrogens with zero attached hydrogens (tertiary/aromatic N) is 6. The van der Waals surface area contributed by atoms with E-state index >= 15 is 0 Å². The normalized spacial score (nSPS) is 14.4. The third-order valence-electron chi connectivity index (χ3n) is 6.77. The van der Waals surface area contributed by atoms with Crippen molar-refractivity contribution in [3.05, 3.63) is 65.3 Å². The number of anilines is 2. The predicted octanol–water partition coefficient (Wildman–Crippen LogP) is 5.27. The van der Waals surface area contributed by atoms with Crippen molar-refractivity contribution >= 4 is 28.9 Å². The predicted molar refractivity (Wildman–Crippen MR) is 144 cm³/mol. The van der Waals surface area contributed by atoms with Crippen molar-refractivity contribution < 1.29 is 13.9 Å². The molecule has 1 aromatic carbocycles. The second kappa shape index (κ2) is 10.9. The maximum absolute atomic E-state index is 14.9. The number of imidazole rings is 1. The van der Waals surface area contributed by atoms with Crippen LogP contribution in [0.3, 0.4) is 0 Å². The lowest BCUT2D eigenvalue weighted by atomic mass is 10.0. The molecular formula is C28H31F2N7O. The number of pyridine rings is 1. The molecule has 5 rings (SSSR count). The number of aliphatic hydroxyl groups is 1. The number of aliphatic hydroxyl groups excluding tert-OH is 1. The first-order valence-corrected chi connectivity index (χ1v) is 12.8. The SMILES string of the molecule is Cc1nc2c(F)cc(-c3nc(Nc4ccc(C=C5CCN(CCO)CC5)cn4)ncc3F)cc2n1C(C)C. The van der Waals surface area contributed by atoms with E-state index in [2.05, 4.69) is 36.2 Å². The summed E-state index contributed by atoms with van der Waals surface area (Å²) in [6.45, 7) is 8.59. The maximum atomic E-state index is 14.9. The Morgan fingerprint density at radius 2 is 1.84 bits per heavy atom. The molecule has 10 heteroatoms. The standard InChI is InChI=1S/C28H31F2N7O/c1-17(2)37-18(3)33-27-22(29)13-21(14-24(27)37)26-23(30)16-32-28(35-26)34-25-5-4-20(15-31-25)12-19-6-8-36(9-7-19)10-11-38/h4-5,12-17,38H,6-11H2,1-3H3,(H,31,32,34,35). The van der Waals surface area contributed by atoms with Gasteiger partial charge in [-0.1, -0.05) is 11.6 Å². The summed E-state index contributed by atoms with van der Waals surface area (Å²) >= 11 is 0. The van der Waals surface area contributed by atoms with E-state index in [1.54, 1.807) is 12.3 Å². The van der Waals surface area contributed by atoms with Crippen LogP contribution < -0.4 is 5.32 Å². The van der Waals surface area contributed by atoms with Crippen molar-refractivity contribution in [2.24, 2.45) is 0 Å². The quantitative estimate of drug-likeness (QED) is 0.344. The smallest absolute Gasteiger partial charge is 0.229 e. The largest absolute Gasteiger partial charge is 0.395 e. The first kappa shape index (κ1) is 25.9. The molecule has 38 heavy (non-hydrogen) atoms. The van der Waals surface area contributed by atoms with E-state index in [-0.39, 0.29) is 29.8 Å². The highest BCUT2D eigenvalue weighted by molar-refractivity contribution is 5.83. The number of hydrogen-bond donors (Lipinski definition) is 2. The number of piperidine rings is 1. The molecule has 0 bridgehead atoms. The minimum Gasteiger partial charge on any atom is -0.395 e. The van der Waals surface area contributed by atoms with Crippen LogP contribution in [0.2, 0.25) is 0 Å². The van der Waals surface area contributed by atoms with Crippen LogP contribution in [-0.2, 0) is 0 Å². The zero-order valence-electron chi connectivity index (χ0n) is 21.7. The second-order valence-electron chi connectivity index (χ2n) is 9.81. The molecule has 0 saturated carbocycles. The molecule has 1 saturated heterocycles. The molecule has 1 fully saturated rings. The lowest BCUT2D eigenvalue weighted by Gasteiger charge is -2.27. The van der Waals surface area contributed by atoms with Crippen LogP contribution in [0, 0.1) is 18.6 Å². The van der Waals surface area contributed by atoms with Gasteiger partial charge in [-0.05, 0) is 63.4 Å². The van der Waals surface area contributed by atoms with Crippen LogP contribution in [0.1, 0.15) is 44.1 Å². The first-order chi connectivity index (χ1) is 18.3. The summed E-state index contributed by atoms with van der Waals surface area (Å²) in [7, 11) is 0. The topological polar surface area (TPSA) is 92.0 Å². The molecule has 0 radical (unpaired) electrons. The number of benzene rings is 1. The Labute approximate surface area is 220 Å². The summed E-state index contributed by atoms with van der Waals surface area (Å²) in [4.78, 5) is 19.4. The molecule has 1 aliphatic rings. The number of rotatable bonds is 7. The van der Waals surface area contributed by atoms with Crippen LogP contribution in [-0.4, -0.2) is 60.8 Å². The highest BCUT2D eigenvalue weighted by Crippen LogP contribution is 2.30. The number of β-amino-alcohol motifs (C(OH)–C–C–N with tert-alkyl or cyclic N) is 1. The van der Waals surface area contributed by atoms with Crippen molar-refractivity contribution in [3.63, 3.8) is 0 Å². The van der Waals surface area contributed by atoms with E-state index in [0.717, 1.165) is 37.7 Å². The number of aryl methyl sites for hydroxylation is 1. The van der Waals surface area contributed by atoms with Gasteiger partial charge in [0.2, 0.25) is 5.95 Å². The van der Waals surface area contributed by atoms with Gasteiger partial charge in [-0.25, -0.2) is 28.7 Å². The average Bonchev–Trinajstić information content (AvgIpc) is 3.24. The van der Waals surface area contributed by atoms with Crippen molar-refractivity contribution in [1.29, 1.82) is 0 Å². The monoisotopic (exact) mass is 519 g/mol. The third kappa shape index (κ3) is 5.41. The van der Waals surface area contributed by atoms with E-state index in [4.69, 9.17) is 5.11 Å². The summed E-state index contributed by atoms with van der Waals surface area (Å²) in [5.41, 5.74) is 3.48. The molecule has 4 heterocycles. The zero-order chi connectivity index (χ0) is 26.8. The molecule has 0 spiro atoms. The molecular weight excluding hydrogens is 488 g/mol. The minimum atomic E-state index is -0.651. The summed E-state index contributed by atoms with van der Waals surface area (Å²) in [6, 6.07) is 6.79. The Balaban J connectivity index is 1.36. The average molecular weight is 520 g/mol. The van der Waals surface area contributed by atoms with Crippen molar-refractivity contribution in [1.82, 2.24) is 29.4 Å². The molecule has 0 atom stereocenters. The van der Waals surface area contributed by atoms with Crippen LogP contribution in [0.25, 0.3) is 28.4 Å². The molecule has 4 aromatic rings. The highest BCUT2D eigenvalue weighted by Gasteiger charge is 2.18. The third-order valence-corrected chi connectivity index (χ3v) is 6.77. The number of aromatic nitrogens is 5. The second-order valence-corrected chi connectivity index (χ2v) is 9.81. The van der Waals surface area contributed by atoms with Crippen LogP contribution in [0.15, 0.2) is 42.2 Å². The summed E-state index contributed by atoms with van der Waals surface area (Å²) < 4.78 is 31.7. The fraction of sp³-hybridized carbons (Fsp3) is 0.357. The Hall–Kier alpha value is -3.76. The fourth-order valence-corrected chi connectivity index (χ4v) is 4.95. The maximum Gasteiger partial charge on any atom is 0.229 e. The van der Waals surface area contributed by atoms with Crippen molar-refractivity contribution in [3.8, 4) is 11.3 Å². The molecule has 1 aliphatic heterocycles. The number of hydrogen-bond acceptors (Lipinski definition) is 7. The molecule has 0 unspecified atom stereocenters. The van der Waals surface area contributed by atoms with Gasteiger partial charge in [0.1, 0.15) is 22.9 Å². The van der Waals surface area contributed by atoms with Crippen LogP contribution in [0.5, 0.6) is 0 Å². The van der Waals surface area contributed by atoms with Crippen molar-refractivity contribution in [2.75, 3.05) is 31.6 Å². The van der Waals surface area contributed by atoms with Gasteiger partial charge in [0.15, 0.2) is 11.6 Å². The highest BCUT2D eigenvalue weighted by atomic mass is 19.1. The number of likely N-dealkylation sites (tertiary alicyclic amines) is 1.